The van der Waals surface area contributed by atoms with Crippen LogP contribution in [0.5, 0.6) is 5.75 Å². The molecule has 1 unspecified atom stereocenters. The SMILES string of the molecule is CCNCCN1CCCC(c2ccc(C(=O)Nc3c(O)cc(Cl)cc3C(=O)Nc3ccc(Cl)cn3)cc2)C1=O. The maximum atomic E-state index is 13.1. The molecule has 4 N–H and O–H groups in total. The zero-order chi connectivity index (χ0) is 27.9. The van der Waals surface area contributed by atoms with E-state index in [0.717, 1.165) is 38.0 Å². The molecule has 2 aromatic carbocycles. The summed E-state index contributed by atoms with van der Waals surface area (Å²) in [4.78, 5) is 45.0. The van der Waals surface area contributed by atoms with Crippen LogP contribution in [0.15, 0.2) is 54.7 Å². The Balaban J connectivity index is 1.48. The fourth-order valence-electron chi connectivity index (χ4n) is 4.45. The average molecular weight is 570 g/mol. The lowest BCUT2D eigenvalue weighted by molar-refractivity contribution is -0.135. The lowest BCUT2D eigenvalue weighted by Gasteiger charge is -2.32. The molecule has 1 aromatic heterocycles. The number of phenols is 1. The van der Waals surface area contributed by atoms with Gasteiger partial charge in [0.25, 0.3) is 11.8 Å². The number of nitrogens with one attached hydrogen (secondary N) is 3. The minimum absolute atomic E-state index is 0.0489. The molecule has 1 fully saturated rings. The Kier molecular flexibility index (Phi) is 9.40. The fourth-order valence-corrected chi connectivity index (χ4v) is 4.78. The molecule has 11 heteroatoms. The number of halogens is 2. The number of anilines is 2. The molecule has 9 nitrogen and oxygen atoms in total. The first-order valence-electron chi connectivity index (χ1n) is 12.6. The predicted molar refractivity (Wildman–Crippen MR) is 152 cm³/mol. The number of likely N-dealkylation sites (tertiary alicyclic amines) is 1. The van der Waals surface area contributed by atoms with Gasteiger partial charge >= 0.3 is 0 Å². The van der Waals surface area contributed by atoms with Gasteiger partial charge in [-0.25, -0.2) is 4.98 Å². The number of aromatic hydroxyl groups is 1. The molecule has 0 radical (unpaired) electrons. The Labute approximate surface area is 236 Å². The van der Waals surface area contributed by atoms with Gasteiger partial charge in [-0.1, -0.05) is 42.3 Å². The van der Waals surface area contributed by atoms with Crippen molar-refractivity contribution in [3.63, 3.8) is 0 Å². The summed E-state index contributed by atoms with van der Waals surface area (Å²) < 4.78 is 0. The van der Waals surface area contributed by atoms with Gasteiger partial charge in [-0.05, 0) is 55.3 Å². The van der Waals surface area contributed by atoms with Crippen LogP contribution in [0.2, 0.25) is 10.0 Å². The fraction of sp³-hybridized carbons (Fsp3) is 0.286. The molecule has 0 saturated carbocycles. The molecular formula is C28H29Cl2N5O4. The number of pyridine rings is 1. The van der Waals surface area contributed by atoms with Crippen LogP contribution in [0.3, 0.4) is 0 Å². The monoisotopic (exact) mass is 569 g/mol. The molecule has 0 bridgehead atoms. The van der Waals surface area contributed by atoms with E-state index in [1.54, 1.807) is 30.3 Å². The van der Waals surface area contributed by atoms with E-state index < -0.39 is 11.8 Å². The topological polar surface area (TPSA) is 124 Å². The van der Waals surface area contributed by atoms with E-state index in [-0.39, 0.29) is 39.7 Å². The van der Waals surface area contributed by atoms with Crippen molar-refractivity contribution in [1.29, 1.82) is 0 Å². The standard InChI is InChI=1S/C28H29Cl2N5O4/c1-2-31-11-13-35-12-3-4-21(28(35)39)17-5-7-18(8-6-17)26(37)34-25-22(14-20(30)15-23(25)36)27(38)33-24-10-9-19(29)16-32-24/h5-10,14-16,21,31,36H,2-4,11-13H2,1H3,(H,34,37)(H,32,33,38). The minimum atomic E-state index is -0.636. The van der Waals surface area contributed by atoms with E-state index in [1.165, 1.54) is 24.4 Å². The maximum Gasteiger partial charge on any atom is 0.259 e. The van der Waals surface area contributed by atoms with Crippen LogP contribution in [0.25, 0.3) is 0 Å². The highest BCUT2D eigenvalue weighted by molar-refractivity contribution is 6.32. The number of hydrogen-bond donors (Lipinski definition) is 4. The van der Waals surface area contributed by atoms with Gasteiger partial charge in [-0.3, -0.25) is 14.4 Å². The Hall–Kier alpha value is -3.66. The largest absolute Gasteiger partial charge is 0.506 e. The minimum Gasteiger partial charge on any atom is -0.506 e. The molecule has 2 heterocycles. The van der Waals surface area contributed by atoms with E-state index in [0.29, 0.717) is 17.1 Å². The summed E-state index contributed by atoms with van der Waals surface area (Å²) in [5.41, 5.74) is 0.992. The summed E-state index contributed by atoms with van der Waals surface area (Å²) in [6, 6.07) is 12.4. The highest BCUT2D eigenvalue weighted by Gasteiger charge is 2.29. The summed E-state index contributed by atoms with van der Waals surface area (Å²) in [6.45, 7) is 5.05. The van der Waals surface area contributed by atoms with Crippen LogP contribution < -0.4 is 16.0 Å². The summed E-state index contributed by atoms with van der Waals surface area (Å²) >= 11 is 11.9. The van der Waals surface area contributed by atoms with Gasteiger partial charge in [-0.15, -0.1) is 0 Å². The molecule has 204 valence electrons. The second-order valence-corrected chi connectivity index (χ2v) is 9.99. The van der Waals surface area contributed by atoms with Crippen molar-refractivity contribution in [2.45, 2.75) is 25.7 Å². The number of nitrogens with zero attached hydrogens (tertiary/aromatic N) is 2. The first kappa shape index (κ1) is 28.4. The van der Waals surface area contributed by atoms with E-state index in [4.69, 9.17) is 23.2 Å². The number of piperidine rings is 1. The van der Waals surface area contributed by atoms with Crippen molar-refractivity contribution >= 4 is 52.4 Å². The Bertz CT molecular complexity index is 1350. The third-order valence-corrected chi connectivity index (χ3v) is 6.89. The van der Waals surface area contributed by atoms with E-state index >= 15 is 0 Å². The molecule has 3 aromatic rings. The van der Waals surface area contributed by atoms with Gasteiger partial charge < -0.3 is 26.0 Å². The number of aromatic nitrogens is 1. The van der Waals surface area contributed by atoms with Crippen molar-refractivity contribution in [3.8, 4) is 5.75 Å². The van der Waals surface area contributed by atoms with Crippen LogP contribution >= 0.6 is 23.2 Å². The van der Waals surface area contributed by atoms with Crippen LogP contribution in [-0.4, -0.2) is 58.9 Å². The smallest absolute Gasteiger partial charge is 0.259 e. The van der Waals surface area contributed by atoms with E-state index in [9.17, 15) is 19.5 Å². The second kappa shape index (κ2) is 12.9. The molecule has 1 atom stereocenters. The van der Waals surface area contributed by atoms with Crippen LogP contribution in [-0.2, 0) is 4.79 Å². The summed E-state index contributed by atoms with van der Waals surface area (Å²) in [7, 11) is 0. The first-order valence-corrected chi connectivity index (χ1v) is 13.4. The Morgan fingerprint density at radius 3 is 2.51 bits per heavy atom. The number of likely N-dealkylation sites (N-methyl/N-ethyl adjacent to an activating group) is 1. The Morgan fingerprint density at radius 2 is 1.82 bits per heavy atom. The van der Waals surface area contributed by atoms with Crippen molar-refractivity contribution < 1.29 is 19.5 Å². The second-order valence-electron chi connectivity index (χ2n) is 9.11. The quantitative estimate of drug-likeness (QED) is 0.214. The molecule has 4 rings (SSSR count). The van der Waals surface area contributed by atoms with Crippen molar-refractivity contribution in [1.82, 2.24) is 15.2 Å². The third-order valence-electron chi connectivity index (χ3n) is 6.45. The molecule has 1 aliphatic heterocycles. The number of carbonyl (C=O) groups excluding carboxylic acids is 3. The average Bonchev–Trinajstić information content (AvgIpc) is 2.92. The molecule has 1 saturated heterocycles. The van der Waals surface area contributed by atoms with Crippen molar-refractivity contribution in [3.05, 3.63) is 81.5 Å². The van der Waals surface area contributed by atoms with Crippen molar-refractivity contribution in [2.24, 2.45) is 0 Å². The van der Waals surface area contributed by atoms with Gasteiger partial charge in [0.05, 0.1) is 22.2 Å². The highest BCUT2D eigenvalue weighted by Crippen LogP contribution is 2.33. The number of benzene rings is 2. The van der Waals surface area contributed by atoms with Gasteiger partial charge in [0, 0.05) is 42.5 Å². The number of amides is 3. The maximum absolute atomic E-state index is 13.1. The van der Waals surface area contributed by atoms with Crippen LogP contribution in [0.4, 0.5) is 11.5 Å². The summed E-state index contributed by atoms with van der Waals surface area (Å²) in [5.74, 6) is -1.48. The summed E-state index contributed by atoms with van der Waals surface area (Å²) in [6.07, 6.45) is 3.04. The first-order chi connectivity index (χ1) is 18.8. The van der Waals surface area contributed by atoms with E-state index in [2.05, 4.69) is 20.9 Å². The van der Waals surface area contributed by atoms with Gasteiger partial charge in [-0.2, -0.15) is 0 Å². The highest BCUT2D eigenvalue weighted by atomic mass is 35.5. The number of hydrogen-bond acceptors (Lipinski definition) is 6. The number of rotatable bonds is 9. The molecule has 39 heavy (non-hydrogen) atoms. The predicted octanol–water partition coefficient (Wildman–Crippen LogP) is 4.91. The number of phenolic OH excluding ortho intramolecular Hbond substituents is 1. The van der Waals surface area contributed by atoms with Gasteiger partial charge in [0.2, 0.25) is 5.91 Å². The zero-order valence-corrected chi connectivity index (χ0v) is 22.9. The number of carbonyl (C=O) groups is 3. The normalized spacial score (nSPS) is 15.2. The van der Waals surface area contributed by atoms with Crippen molar-refractivity contribution in [2.75, 3.05) is 36.8 Å². The van der Waals surface area contributed by atoms with E-state index in [1.807, 2.05) is 11.8 Å². The zero-order valence-electron chi connectivity index (χ0n) is 21.3. The Morgan fingerprint density at radius 1 is 1.05 bits per heavy atom. The van der Waals surface area contributed by atoms with Crippen LogP contribution in [0.1, 0.15) is 52.0 Å². The molecular weight excluding hydrogens is 541 g/mol. The van der Waals surface area contributed by atoms with Gasteiger partial charge in [0.1, 0.15) is 11.6 Å². The van der Waals surface area contributed by atoms with Gasteiger partial charge in [0.15, 0.2) is 0 Å². The lowest BCUT2D eigenvalue weighted by atomic mass is 9.89. The lowest BCUT2D eigenvalue weighted by Crippen LogP contribution is -2.43. The molecule has 1 aliphatic rings. The molecule has 3 amide bonds. The summed E-state index contributed by atoms with van der Waals surface area (Å²) in [5, 5.41) is 19.5. The third kappa shape index (κ3) is 7.06. The molecule has 0 spiro atoms. The van der Waals surface area contributed by atoms with Crippen LogP contribution in [0, 0.1) is 0 Å². The molecule has 0 aliphatic carbocycles.